The number of nitrogens with one attached hydrogen (secondary N) is 8. The Morgan fingerprint density at radius 1 is 0.508 bits per heavy atom. The van der Waals surface area contributed by atoms with E-state index in [1.54, 1.807) is 4.90 Å². The molecule has 40 nitrogen and oxygen atoms in total. The number of aliphatic hydroxyl groups excluding tert-OH is 9. The molecule has 1 saturated carbocycles. The number of amides is 8. The van der Waals surface area contributed by atoms with Crippen LogP contribution in [0.4, 0.5) is 0 Å². The first-order chi connectivity index (χ1) is 63.5. The predicted octanol–water partition coefficient (Wildman–Crippen LogP) is 1.47. The standard InChI is InChI=1S/C91H159N10O30P/c1-8-127-132(61(2)3)128-48-26-28-66-27-25-29-69(68(32-31-66)62(4)92)70(93)30-17-9-13-21-44-119-53-54-120-52-38-77(111)101-42-33-67(34-43-101)87(118)100-91(58-121-49-35-74(108)94-39-18-10-14-22-45-124-88-78(97-63(5)105)84(115)81(112)71(55-102)129-88,59-122-50-36-75(109)95-40-19-11-15-23-46-125-89-79(98-64(6)106)85(116)82(113)72(56-103)130-89)60-123-51-37-76(110)96-41-20-12-16-24-47-126-90-80(99-65(7)107)86(117)83(114)73(57-104)131-90/h1,13,21,66-67,69,71-73,78-86,88-90,93,102-104,112-117,132H,9-12,14-20,22-60,92H2,2-7H3,(H,94,108)(H,95,109)(H,96,110)(H,97,105)(H,98,106)(H,99,107)(H,100,118)/b21-13+,68-62-,93-70?. The van der Waals surface area contributed by atoms with Crippen LogP contribution in [0.3, 0.4) is 0 Å². The van der Waals surface area contributed by atoms with Gasteiger partial charge in [-0.1, -0.05) is 69.9 Å². The number of likely N-dealkylation sites (tertiary alicyclic amines) is 1. The van der Waals surface area contributed by atoms with Crippen molar-refractivity contribution in [2.24, 2.45) is 23.5 Å². The minimum atomic E-state index is -1.57. The first kappa shape index (κ1) is 116. The lowest BCUT2D eigenvalue weighted by atomic mass is 9.77. The van der Waals surface area contributed by atoms with Gasteiger partial charge >= 0.3 is 0 Å². The summed E-state index contributed by atoms with van der Waals surface area (Å²) in [5.74, 6) is -2.82. The summed E-state index contributed by atoms with van der Waals surface area (Å²) in [5, 5.41) is 122. The van der Waals surface area contributed by atoms with Crippen LogP contribution < -0.4 is 43.0 Å². The highest BCUT2D eigenvalue weighted by Crippen LogP contribution is 2.36. The molecule has 1 aliphatic carbocycles. The molecule has 132 heavy (non-hydrogen) atoms. The first-order valence-electron chi connectivity index (χ1n) is 47.4. The highest BCUT2D eigenvalue weighted by molar-refractivity contribution is 7.49. The zero-order valence-electron chi connectivity index (χ0n) is 78.6. The van der Waals surface area contributed by atoms with E-state index >= 15 is 0 Å². The summed E-state index contributed by atoms with van der Waals surface area (Å²) < 4.78 is 76.0. The minimum Gasteiger partial charge on any atom is -0.405 e. The second-order valence-corrected chi connectivity index (χ2v) is 37.0. The maximum absolute atomic E-state index is 14.7. The Morgan fingerprint density at radius 3 is 1.36 bits per heavy atom. The van der Waals surface area contributed by atoms with Crippen molar-refractivity contribution in [1.29, 1.82) is 5.41 Å². The average molecular weight is 1900 g/mol. The largest absolute Gasteiger partial charge is 0.405 e. The molecule has 4 saturated heterocycles. The SMILES string of the molecule is C#CO[PH](OCCCC1CCCC(C(=N)CCC/C=C/COCCOCCC(=O)N2CCC(C(=O)NC(COCCC(=O)NCCCCCCOC3OC(CO)C(O)C(O)C3NC(C)=O)(COCCC(=O)NCCCCCCOC3OC(CO)C(O)C(O)C3NC(C)=O)COCCC(=O)NCCCCCCOC3OC(CO)C(O)C(O)C3NC(C)=O)CC2)/C(=C(/C)N)CC1)=C(C)C. The number of hydrogen-bond acceptors (Lipinski definition) is 32. The van der Waals surface area contributed by atoms with E-state index in [1.165, 1.54) is 26.3 Å². The smallest absolute Gasteiger partial charge is 0.224 e. The highest BCUT2D eigenvalue weighted by Gasteiger charge is 2.49. The Bertz CT molecular complexity index is 3290. The Balaban J connectivity index is 1.13. The molecule has 758 valence electrons. The summed E-state index contributed by atoms with van der Waals surface area (Å²) in [4.78, 5) is 105. The van der Waals surface area contributed by atoms with Gasteiger partial charge in [0.25, 0.3) is 0 Å². The van der Waals surface area contributed by atoms with Crippen LogP contribution in [0.2, 0.25) is 0 Å². The third-order valence-corrected chi connectivity index (χ3v) is 25.4. The van der Waals surface area contributed by atoms with Crippen LogP contribution in [0.5, 0.6) is 0 Å². The van der Waals surface area contributed by atoms with Gasteiger partial charge < -0.3 is 160 Å². The molecule has 0 bridgehead atoms. The Morgan fingerprint density at radius 2 is 0.939 bits per heavy atom. The molecule has 8 amide bonds. The summed E-state index contributed by atoms with van der Waals surface area (Å²) >= 11 is 0. The van der Waals surface area contributed by atoms with Gasteiger partial charge in [-0.05, 0) is 140 Å². The minimum absolute atomic E-state index is 0.0693. The summed E-state index contributed by atoms with van der Waals surface area (Å²) in [6.45, 7) is 10.7. The number of ether oxygens (including phenoxy) is 11. The lowest BCUT2D eigenvalue weighted by molar-refractivity contribution is -0.270. The van der Waals surface area contributed by atoms with Crippen molar-refractivity contribution < 1.29 is 145 Å². The molecule has 0 aromatic carbocycles. The molecule has 5 fully saturated rings. The number of terminal acetylenes is 1. The molecule has 0 aromatic rings. The van der Waals surface area contributed by atoms with Gasteiger partial charge in [-0.2, -0.15) is 0 Å². The summed E-state index contributed by atoms with van der Waals surface area (Å²) in [5.41, 5.74) is 7.77. The Labute approximate surface area is 779 Å². The summed E-state index contributed by atoms with van der Waals surface area (Å²) in [6.07, 6.45) is 13.7. The van der Waals surface area contributed by atoms with Crippen LogP contribution in [-0.2, 0) is 99.5 Å². The van der Waals surface area contributed by atoms with E-state index in [0.717, 1.165) is 74.5 Å². The van der Waals surface area contributed by atoms with Gasteiger partial charge in [-0.3, -0.25) is 38.4 Å². The van der Waals surface area contributed by atoms with Gasteiger partial charge in [-0.15, -0.1) is 0 Å². The number of piperidine rings is 1. The number of allylic oxidation sites excluding steroid dienone is 3. The van der Waals surface area contributed by atoms with E-state index in [-0.39, 0.29) is 147 Å². The third-order valence-electron chi connectivity index (χ3n) is 23.8. The zero-order valence-corrected chi connectivity index (χ0v) is 79.6. The fourth-order valence-corrected chi connectivity index (χ4v) is 17.3. The van der Waals surface area contributed by atoms with Gasteiger partial charge in [-0.25, -0.2) is 0 Å². The molecular formula is C91H159N10O30P. The van der Waals surface area contributed by atoms with Crippen LogP contribution in [0.15, 0.2) is 23.4 Å². The molecule has 18 atom stereocenters. The molecule has 4 heterocycles. The van der Waals surface area contributed by atoms with E-state index in [2.05, 4.69) is 49.4 Å². The van der Waals surface area contributed by atoms with Crippen molar-refractivity contribution in [3.63, 3.8) is 0 Å². The quantitative estimate of drug-likeness (QED) is 0.0135. The first-order valence-corrected chi connectivity index (χ1v) is 48.7. The second-order valence-electron chi connectivity index (χ2n) is 35.0. The molecule has 18 unspecified atom stereocenters. The van der Waals surface area contributed by atoms with Crippen LogP contribution >= 0.6 is 8.00 Å². The molecule has 0 spiro atoms. The van der Waals surface area contributed by atoms with Crippen LogP contribution in [0.1, 0.15) is 221 Å². The summed E-state index contributed by atoms with van der Waals surface area (Å²) in [6, 6.07) is -3.20. The maximum atomic E-state index is 14.7. The topological polar surface area (TPSA) is 576 Å². The normalized spacial score (nSPS) is 25.9. The molecule has 0 radical (unpaired) electrons. The molecular weight excluding hydrogens is 1740 g/mol. The molecule has 0 aromatic heterocycles. The second kappa shape index (κ2) is 66.9. The van der Waals surface area contributed by atoms with Gasteiger partial charge in [0, 0.05) is 116 Å². The average Bonchev–Trinajstić information content (AvgIpc) is 0.810. The number of rotatable bonds is 66. The van der Waals surface area contributed by atoms with Crippen molar-refractivity contribution in [3.8, 4) is 12.5 Å². The zero-order chi connectivity index (χ0) is 96.6. The van der Waals surface area contributed by atoms with E-state index in [9.17, 15) is 84.3 Å². The number of carbonyl (C=O) groups excluding carboxylic acids is 8. The number of nitrogens with two attached hydrogens (primary N) is 1. The van der Waals surface area contributed by atoms with Gasteiger partial charge in [0.2, 0.25) is 47.3 Å². The Kier molecular flexibility index (Phi) is 58.8. The molecule has 5 rings (SSSR count). The summed E-state index contributed by atoms with van der Waals surface area (Å²) in [7, 11) is -1.57. The fraction of sp³-hybridized carbons (Fsp3) is 0.824. The fourth-order valence-electron chi connectivity index (χ4n) is 16.3. The number of nitrogens with zero attached hydrogens (tertiary/aromatic N) is 1. The van der Waals surface area contributed by atoms with Gasteiger partial charge in [0.05, 0.1) is 98.9 Å². The lowest BCUT2D eigenvalue weighted by Gasteiger charge is -2.42. The number of hydrogen-bond donors (Lipinski definition) is 18. The number of carbonyl (C=O) groups is 8. The van der Waals surface area contributed by atoms with Crippen molar-refractivity contribution >= 4 is 66.3 Å². The molecule has 5 aliphatic rings. The van der Waals surface area contributed by atoms with Crippen molar-refractivity contribution in [3.05, 3.63) is 23.4 Å². The number of unbranched alkanes of at least 4 members (excludes halogenated alkanes) is 10. The van der Waals surface area contributed by atoms with Crippen LogP contribution in [0.25, 0.3) is 0 Å². The monoisotopic (exact) mass is 1900 g/mol. The van der Waals surface area contributed by atoms with Crippen molar-refractivity contribution in [1.82, 2.24) is 42.1 Å². The van der Waals surface area contributed by atoms with Gasteiger partial charge in [0.1, 0.15) is 84.7 Å². The van der Waals surface area contributed by atoms with Gasteiger partial charge in [0.15, 0.2) is 26.9 Å². The van der Waals surface area contributed by atoms with Crippen LogP contribution in [-0.4, -0.2) is 352 Å². The predicted molar refractivity (Wildman–Crippen MR) is 489 cm³/mol. The van der Waals surface area contributed by atoms with Crippen molar-refractivity contribution in [2.75, 3.05) is 145 Å². The highest BCUT2D eigenvalue weighted by atomic mass is 31.1. The molecule has 41 heteroatoms. The van der Waals surface area contributed by atoms with E-state index in [1.807, 2.05) is 26.8 Å². The van der Waals surface area contributed by atoms with Crippen molar-refractivity contribution in [2.45, 2.75) is 319 Å². The van der Waals surface area contributed by atoms with Crippen LogP contribution in [0, 0.1) is 35.7 Å². The lowest BCUT2D eigenvalue weighted by Crippen LogP contribution is -2.64. The third kappa shape index (κ3) is 44.8. The van der Waals surface area contributed by atoms with E-state index in [0.29, 0.717) is 142 Å². The molecule has 19 N–H and O–H groups in total. The maximum Gasteiger partial charge on any atom is 0.224 e. The van der Waals surface area contributed by atoms with E-state index < -0.39 is 149 Å². The molecule has 4 aliphatic heterocycles. The Hall–Kier alpha value is -6.47. The number of aliphatic hydroxyl groups is 9. The van der Waals surface area contributed by atoms with E-state index in [4.69, 9.17) is 78.7 Å².